The van der Waals surface area contributed by atoms with Crippen molar-refractivity contribution < 1.29 is 0 Å². The average Bonchev–Trinajstić information content (AvgIpc) is 2.29. The molecule has 2 rings (SSSR count). The van der Waals surface area contributed by atoms with Crippen molar-refractivity contribution in [2.75, 3.05) is 0 Å². The second kappa shape index (κ2) is 5.93. The molecule has 0 amide bonds. The van der Waals surface area contributed by atoms with E-state index >= 15 is 0 Å². The molecular formula is C13H12BrIN2. The molecule has 0 aliphatic rings. The zero-order valence-electron chi connectivity index (χ0n) is 9.11. The number of benzene rings is 1. The fraction of sp³-hybridized carbons (Fsp3) is 0.154. The molecule has 2 aromatic rings. The fourth-order valence-corrected chi connectivity index (χ4v) is 2.66. The summed E-state index contributed by atoms with van der Waals surface area (Å²) in [7, 11) is 0. The van der Waals surface area contributed by atoms with Gasteiger partial charge >= 0.3 is 0 Å². The van der Waals surface area contributed by atoms with E-state index in [1.165, 1.54) is 3.57 Å². The van der Waals surface area contributed by atoms with Crippen LogP contribution in [0.5, 0.6) is 0 Å². The Morgan fingerprint density at radius 1 is 1.29 bits per heavy atom. The van der Waals surface area contributed by atoms with Gasteiger partial charge in [-0.25, -0.2) is 0 Å². The van der Waals surface area contributed by atoms with E-state index in [9.17, 15) is 0 Å². The van der Waals surface area contributed by atoms with Gasteiger partial charge in [0.1, 0.15) is 0 Å². The Morgan fingerprint density at radius 2 is 2.12 bits per heavy atom. The third-order valence-electron chi connectivity index (χ3n) is 2.49. The second-order valence-electron chi connectivity index (χ2n) is 3.88. The van der Waals surface area contributed by atoms with Gasteiger partial charge in [0.15, 0.2) is 0 Å². The van der Waals surface area contributed by atoms with Gasteiger partial charge in [0, 0.05) is 26.5 Å². The molecule has 0 fully saturated rings. The van der Waals surface area contributed by atoms with E-state index < -0.39 is 0 Å². The van der Waals surface area contributed by atoms with Crippen molar-refractivity contribution in [2.45, 2.75) is 12.5 Å². The van der Waals surface area contributed by atoms with Gasteiger partial charge in [-0.05, 0) is 74.3 Å². The third-order valence-corrected chi connectivity index (χ3v) is 3.60. The van der Waals surface area contributed by atoms with Gasteiger partial charge in [0.25, 0.3) is 0 Å². The molecule has 0 radical (unpaired) electrons. The molecule has 0 spiro atoms. The number of rotatable bonds is 3. The van der Waals surface area contributed by atoms with E-state index in [1.807, 2.05) is 12.3 Å². The Hall–Kier alpha value is -0.460. The lowest BCUT2D eigenvalue weighted by Crippen LogP contribution is -2.13. The van der Waals surface area contributed by atoms with E-state index in [4.69, 9.17) is 5.73 Å². The van der Waals surface area contributed by atoms with Crippen LogP contribution >= 0.6 is 38.5 Å². The number of nitrogens with two attached hydrogens (primary N) is 1. The van der Waals surface area contributed by atoms with Gasteiger partial charge < -0.3 is 5.73 Å². The van der Waals surface area contributed by atoms with Crippen molar-refractivity contribution >= 4 is 38.5 Å². The normalized spacial score (nSPS) is 12.4. The zero-order valence-corrected chi connectivity index (χ0v) is 12.8. The summed E-state index contributed by atoms with van der Waals surface area (Å²) in [6.07, 6.45) is 4.44. The molecule has 1 aromatic carbocycles. The second-order valence-corrected chi connectivity index (χ2v) is 6.04. The summed E-state index contributed by atoms with van der Waals surface area (Å²) in [5.74, 6) is 0. The molecule has 2 nitrogen and oxygen atoms in total. The predicted octanol–water partition coefficient (Wildman–Crippen LogP) is 3.69. The molecule has 88 valence electrons. The minimum absolute atomic E-state index is 0.0146. The van der Waals surface area contributed by atoms with Gasteiger partial charge in [-0.15, -0.1) is 0 Å². The average molecular weight is 403 g/mol. The number of aromatic nitrogens is 1. The summed E-state index contributed by atoms with van der Waals surface area (Å²) in [4.78, 5) is 4.14. The van der Waals surface area contributed by atoms with Gasteiger partial charge in [0.2, 0.25) is 0 Å². The highest BCUT2D eigenvalue weighted by Crippen LogP contribution is 2.19. The molecule has 0 aliphatic carbocycles. The molecule has 0 aliphatic heterocycles. The van der Waals surface area contributed by atoms with Crippen LogP contribution in [0.2, 0.25) is 0 Å². The topological polar surface area (TPSA) is 38.9 Å². The highest BCUT2D eigenvalue weighted by Gasteiger charge is 2.07. The van der Waals surface area contributed by atoms with E-state index in [0.717, 1.165) is 22.0 Å². The number of hydrogen-bond donors (Lipinski definition) is 1. The Bertz CT molecular complexity index is 516. The third kappa shape index (κ3) is 3.76. The Balaban J connectivity index is 2.14. The number of hydrogen-bond acceptors (Lipinski definition) is 2. The number of halogens is 2. The van der Waals surface area contributed by atoms with Crippen molar-refractivity contribution in [3.63, 3.8) is 0 Å². The first-order valence-electron chi connectivity index (χ1n) is 5.25. The summed E-state index contributed by atoms with van der Waals surface area (Å²) < 4.78 is 2.20. The first kappa shape index (κ1) is 13.0. The molecule has 17 heavy (non-hydrogen) atoms. The Kier molecular flexibility index (Phi) is 4.53. The fourth-order valence-electron chi connectivity index (χ4n) is 1.68. The largest absolute Gasteiger partial charge is 0.324 e. The predicted molar refractivity (Wildman–Crippen MR) is 81.7 cm³/mol. The molecular weight excluding hydrogens is 391 g/mol. The van der Waals surface area contributed by atoms with E-state index in [0.29, 0.717) is 0 Å². The number of nitrogens with zero attached hydrogens (tertiary/aromatic N) is 1. The summed E-state index contributed by atoms with van der Waals surface area (Å²) in [6.45, 7) is 0. The van der Waals surface area contributed by atoms with E-state index in [-0.39, 0.29) is 6.04 Å². The van der Waals surface area contributed by atoms with Crippen LogP contribution < -0.4 is 5.73 Å². The molecule has 1 aromatic heterocycles. The number of pyridine rings is 1. The van der Waals surface area contributed by atoms with Crippen LogP contribution in [0.15, 0.2) is 47.2 Å². The minimum atomic E-state index is 0.0146. The van der Waals surface area contributed by atoms with Crippen molar-refractivity contribution in [1.29, 1.82) is 0 Å². The van der Waals surface area contributed by atoms with Gasteiger partial charge in [-0.3, -0.25) is 4.98 Å². The zero-order chi connectivity index (χ0) is 12.3. The van der Waals surface area contributed by atoms with Crippen LogP contribution in [0.1, 0.15) is 17.2 Å². The minimum Gasteiger partial charge on any atom is -0.324 e. The Morgan fingerprint density at radius 3 is 2.82 bits per heavy atom. The summed E-state index contributed by atoms with van der Waals surface area (Å²) in [5.41, 5.74) is 8.51. The van der Waals surface area contributed by atoms with Crippen molar-refractivity contribution in [2.24, 2.45) is 5.73 Å². The van der Waals surface area contributed by atoms with Crippen molar-refractivity contribution in [3.8, 4) is 0 Å². The first-order chi connectivity index (χ1) is 8.15. The monoisotopic (exact) mass is 402 g/mol. The lowest BCUT2D eigenvalue weighted by atomic mass is 10.0. The lowest BCUT2D eigenvalue weighted by molar-refractivity contribution is 0.719. The SMILES string of the molecule is NC(Cc1cncc(Br)c1)c1cccc(I)c1. The molecule has 1 atom stereocenters. The molecule has 2 N–H and O–H groups in total. The molecule has 0 bridgehead atoms. The summed E-state index contributed by atoms with van der Waals surface area (Å²) in [6, 6.07) is 10.4. The molecule has 0 saturated heterocycles. The molecule has 1 unspecified atom stereocenters. The molecule has 4 heteroatoms. The smallest absolute Gasteiger partial charge is 0.0410 e. The van der Waals surface area contributed by atoms with Crippen LogP contribution in [-0.2, 0) is 6.42 Å². The van der Waals surface area contributed by atoms with Gasteiger partial charge in [-0.1, -0.05) is 12.1 Å². The summed E-state index contributed by atoms with van der Waals surface area (Å²) in [5, 5.41) is 0. The van der Waals surface area contributed by atoms with E-state index in [1.54, 1.807) is 6.20 Å². The molecule has 1 heterocycles. The van der Waals surface area contributed by atoms with Crippen LogP contribution in [-0.4, -0.2) is 4.98 Å². The van der Waals surface area contributed by atoms with Crippen molar-refractivity contribution in [3.05, 3.63) is 61.9 Å². The maximum Gasteiger partial charge on any atom is 0.0410 e. The quantitative estimate of drug-likeness (QED) is 0.795. The first-order valence-corrected chi connectivity index (χ1v) is 7.13. The van der Waals surface area contributed by atoms with Crippen molar-refractivity contribution in [1.82, 2.24) is 4.98 Å². The van der Waals surface area contributed by atoms with Crippen LogP contribution in [0, 0.1) is 3.57 Å². The maximum absolute atomic E-state index is 6.20. The van der Waals surface area contributed by atoms with Gasteiger partial charge in [0.05, 0.1) is 0 Å². The van der Waals surface area contributed by atoms with Crippen LogP contribution in [0.25, 0.3) is 0 Å². The van der Waals surface area contributed by atoms with E-state index in [2.05, 4.69) is 67.8 Å². The lowest BCUT2D eigenvalue weighted by Gasteiger charge is -2.12. The highest BCUT2D eigenvalue weighted by molar-refractivity contribution is 14.1. The van der Waals surface area contributed by atoms with Crippen LogP contribution in [0.4, 0.5) is 0 Å². The van der Waals surface area contributed by atoms with Gasteiger partial charge in [-0.2, -0.15) is 0 Å². The van der Waals surface area contributed by atoms with Crippen LogP contribution in [0.3, 0.4) is 0 Å². The molecule has 0 saturated carbocycles. The Labute approximate surface area is 123 Å². The highest BCUT2D eigenvalue weighted by atomic mass is 127. The standard InChI is InChI=1S/C13H12BrIN2/c14-11-4-9(7-17-8-11)5-13(16)10-2-1-3-12(15)6-10/h1-4,6-8,13H,5,16H2. The summed E-state index contributed by atoms with van der Waals surface area (Å²) >= 11 is 5.72. The maximum atomic E-state index is 6.20.